The number of carbonyl (C=O) groups excluding carboxylic acids is 1. The quantitative estimate of drug-likeness (QED) is 0.689. The molecule has 134 valence electrons. The number of hydrogen-bond donors (Lipinski definition) is 0. The van der Waals surface area contributed by atoms with Gasteiger partial charge in [0, 0.05) is 38.8 Å². The minimum absolute atomic E-state index is 0.0610. The number of fused-ring (bicyclic) bond motifs is 1. The summed E-state index contributed by atoms with van der Waals surface area (Å²) in [4.78, 5) is 17.5. The first kappa shape index (κ1) is 17.9. The number of terminal acetylenes is 1. The third-order valence-electron chi connectivity index (χ3n) is 4.36. The van der Waals surface area contributed by atoms with Gasteiger partial charge < -0.3 is 9.47 Å². The number of hydrogen-bond acceptors (Lipinski definition) is 4. The number of alkyl halides is 3. The maximum atomic E-state index is 13.0. The standard InChI is InChI=1S/C15H15BrF3N5O/c1-2-3-5-14(21-22-14)6-4-11(25)23-7-8-24-10(9-23)12(16)20-13(24)15(17,18)19/h1H,3-9H2. The van der Waals surface area contributed by atoms with E-state index in [1.54, 1.807) is 4.90 Å². The molecule has 3 heterocycles. The molecule has 0 saturated heterocycles. The first-order chi connectivity index (χ1) is 11.8. The Bertz CT molecular complexity index is 758. The topological polar surface area (TPSA) is 62.9 Å². The molecule has 10 heteroatoms. The Morgan fingerprint density at radius 2 is 2.04 bits per heavy atom. The van der Waals surface area contributed by atoms with Crippen molar-refractivity contribution in [2.24, 2.45) is 10.2 Å². The summed E-state index contributed by atoms with van der Waals surface area (Å²) in [7, 11) is 0. The molecule has 0 aromatic carbocycles. The number of nitrogens with zero attached hydrogens (tertiary/aromatic N) is 5. The SMILES string of the molecule is C#CCCC1(CCC(=O)N2CCn3c(C(F)(F)F)nc(Br)c3C2)N=N1. The van der Waals surface area contributed by atoms with Crippen LogP contribution in [-0.4, -0.2) is 32.6 Å². The molecule has 6 nitrogen and oxygen atoms in total. The molecule has 0 atom stereocenters. The zero-order chi connectivity index (χ0) is 18.2. The van der Waals surface area contributed by atoms with Crippen LogP contribution in [0.4, 0.5) is 13.2 Å². The molecule has 0 fully saturated rings. The second kappa shape index (κ2) is 6.44. The highest BCUT2D eigenvalue weighted by atomic mass is 79.9. The maximum absolute atomic E-state index is 13.0. The molecule has 0 bridgehead atoms. The van der Waals surface area contributed by atoms with Crippen LogP contribution in [0.5, 0.6) is 0 Å². The van der Waals surface area contributed by atoms with Gasteiger partial charge in [-0.05, 0) is 15.9 Å². The van der Waals surface area contributed by atoms with E-state index in [0.29, 0.717) is 25.0 Å². The van der Waals surface area contributed by atoms with Crippen LogP contribution in [0.2, 0.25) is 0 Å². The lowest BCUT2D eigenvalue weighted by Crippen LogP contribution is -2.39. The van der Waals surface area contributed by atoms with Crippen LogP contribution >= 0.6 is 15.9 Å². The molecule has 1 amide bonds. The molecule has 3 rings (SSSR count). The van der Waals surface area contributed by atoms with Gasteiger partial charge in [-0.1, -0.05) is 0 Å². The average molecular weight is 418 g/mol. The van der Waals surface area contributed by atoms with Crippen molar-refractivity contribution in [3.05, 3.63) is 16.1 Å². The third kappa shape index (κ3) is 3.71. The van der Waals surface area contributed by atoms with E-state index in [4.69, 9.17) is 6.42 Å². The molecule has 0 spiro atoms. The fraction of sp³-hybridized carbons (Fsp3) is 0.600. The molecule has 0 saturated carbocycles. The van der Waals surface area contributed by atoms with Crippen molar-refractivity contribution in [1.29, 1.82) is 0 Å². The largest absolute Gasteiger partial charge is 0.449 e. The van der Waals surface area contributed by atoms with Crippen molar-refractivity contribution in [3.8, 4) is 12.3 Å². The first-order valence-corrected chi connectivity index (χ1v) is 8.52. The number of aromatic nitrogens is 2. The van der Waals surface area contributed by atoms with Gasteiger partial charge in [0.2, 0.25) is 11.7 Å². The van der Waals surface area contributed by atoms with E-state index in [-0.39, 0.29) is 36.6 Å². The third-order valence-corrected chi connectivity index (χ3v) is 4.99. The predicted octanol–water partition coefficient (Wildman–Crippen LogP) is 3.36. The van der Waals surface area contributed by atoms with Gasteiger partial charge in [-0.2, -0.15) is 23.4 Å². The van der Waals surface area contributed by atoms with Crippen LogP contribution in [0.15, 0.2) is 14.8 Å². The van der Waals surface area contributed by atoms with Crippen LogP contribution in [0.25, 0.3) is 0 Å². The van der Waals surface area contributed by atoms with E-state index in [0.717, 1.165) is 4.57 Å². The predicted molar refractivity (Wildman–Crippen MR) is 85.2 cm³/mol. The summed E-state index contributed by atoms with van der Waals surface area (Å²) in [5, 5.41) is 7.96. The molecule has 0 aliphatic carbocycles. The number of imidazole rings is 1. The monoisotopic (exact) mass is 417 g/mol. The summed E-state index contributed by atoms with van der Waals surface area (Å²) in [5.74, 6) is 1.45. The van der Waals surface area contributed by atoms with Crippen molar-refractivity contribution >= 4 is 21.8 Å². The van der Waals surface area contributed by atoms with E-state index in [1.165, 1.54) is 0 Å². The summed E-state index contributed by atoms with van der Waals surface area (Å²) < 4.78 is 40.2. The van der Waals surface area contributed by atoms with Gasteiger partial charge in [-0.15, -0.1) is 12.3 Å². The van der Waals surface area contributed by atoms with E-state index in [1.807, 2.05) is 0 Å². The Labute approximate surface area is 150 Å². The summed E-state index contributed by atoms with van der Waals surface area (Å²) >= 11 is 3.06. The second-order valence-corrected chi connectivity index (χ2v) is 6.78. The van der Waals surface area contributed by atoms with Gasteiger partial charge in [-0.3, -0.25) is 4.79 Å². The van der Waals surface area contributed by atoms with Crippen molar-refractivity contribution in [2.75, 3.05) is 6.54 Å². The molecule has 0 unspecified atom stereocenters. The van der Waals surface area contributed by atoms with Crippen LogP contribution < -0.4 is 0 Å². The number of amides is 1. The molecular weight excluding hydrogens is 403 g/mol. The van der Waals surface area contributed by atoms with E-state index in [9.17, 15) is 18.0 Å². The summed E-state index contributed by atoms with van der Waals surface area (Å²) in [6.07, 6.45) is 2.56. The van der Waals surface area contributed by atoms with E-state index < -0.39 is 17.7 Å². The highest BCUT2D eigenvalue weighted by Crippen LogP contribution is 2.38. The van der Waals surface area contributed by atoms with Crippen LogP contribution in [0.1, 0.15) is 37.2 Å². The molecular formula is C15H15BrF3N5O. The molecule has 1 aromatic heterocycles. The molecule has 0 radical (unpaired) electrons. The highest BCUT2D eigenvalue weighted by molar-refractivity contribution is 9.10. The molecule has 25 heavy (non-hydrogen) atoms. The lowest BCUT2D eigenvalue weighted by Gasteiger charge is -2.29. The Hall–Kier alpha value is -1.89. The van der Waals surface area contributed by atoms with E-state index >= 15 is 0 Å². The highest BCUT2D eigenvalue weighted by Gasteiger charge is 2.42. The Morgan fingerprint density at radius 3 is 2.64 bits per heavy atom. The van der Waals surface area contributed by atoms with Crippen LogP contribution in [0.3, 0.4) is 0 Å². The van der Waals surface area contributed by atoms with Gasteiger partial charge in [0.15, 0.2) is 5.66 Å². The fourth-order valence-corrected chi connectivity index (χ4v) is 3.40. The second-order valence-electron chi connectivity index (χ2n) is 6.02. The van der Waals surface area contributed by atoms with Gasteiger partial charge in [0.25, 0.3) is 0 Å². The lowest BCUT2D eigenvalue weighted by atomic mass is 10.0. The zero-order valence-corrected chi connectivity index (χ0v) is 14.8. The van der Waals surface area contributed by atoms with Crippen molar-refractivity contribution in [3.63, 3.8) is 0 Å². The Kier molecular flexibility index (Phi) is 4.62. The van der Waals surface area contributed by atoms with Gasteiger partial charge >= 0.3 is 6.18 Å². The average Bonchev–Trinajstić information content (AvgIpc) is 3.26. The van der Waals surface area contributed by atoms with Crippen molar-refractivity contribution in [2.45, 2.75) is 50.6 Å². The van der Waals surface area contributed by atoms with Crippen molar-refractivity contribution in [1.82, 2.24) is 14.5 Å². The number of carbonyl (C=O) groups is 1. The molecule has 2 aliphatic rings. The fourth-order valence-electron chi connectivity index (χ4n) is 2.89. The maximum Gasteiger partial charge on any atom is 0.449 e. The summed E-state index contributed by atoms with van der Waals surface area (Å²) in [6.45, 7) is 0.364. The Balaban J connectivity index is 1.62. The molecule has 0 N–H and O–H groups in total. The normalized spacial score (nSPS) is 18.0. The van der Waals surface area contributed by atoms with Gasteiger partial charge in [-0.25, -0.2) is 4.98 Å². The van der Waals surface area contributed by atoms with Crippen LogP contribution in [0, 0.1) is 12.3 Å². The van der Waals surface area contributed by atoms with Gasteiger partial charge in [0.05, 0.1) is 12.2 Å². The first-order valence-electron chi connectivity index (χ1n) is 7.73. The Morgan fingerprint density at radius 1 is 1.32 bits per heavy atom. The minimum atomic E-state index is -4.52. The molecule has 1 aromatic rings. The summed E-state index contributed by atoms with van der Waals surface area (Å²) in [5.41, 5.74) is -0.182. The minimum Gasteiger partial charge on any atom is -0.335 e. The van der Waals surface area contributed by atoms with E-state index in [2.05, 4.69) is 37.1 Å². The zero-order valence-electron chi connectivity index (χ0n) is 13.2. The van der Waals surface area contributed by atoms with Crippen LogP contribution in [-0.2, 0) is 24.1 Å². The summed E-state index contributed by atoms with van der Waals surface area (Å²) in [6, 6.07) is 0. The smallest absolute Gasteiger partial charge is 0.335 e. The molecule has 2 aliphatic heterocycles. The van der Waals surface area contributed by atoms with Gasteiger partial charge in [0.1, 0.15) is 4.60 Å². The number of halogens is 4. The van der Waals surface area contributed by atoms with Crippen molar-refractivity contribution < 1.29 is 18.0 Å². The number of rotatable bonds is 5. The lowest BCUT2D eigenvalue weighted by molar-refractivity contribution is -0.148.